The summed E-state index contributed by atoms with van der Waals surface area (Å²) >= 11 is 5.71. The largest absolute Gasteiger partial charge is 0.490 e. The third-order valence-corrected chi connectivity index (χ3v) is 2.09. The fourth-order valence-electron chi connectivity index (χ4n) is 1.16. The standard InChI is InChI=1S/C11H12ClFO3/c1-11(13,6-10(14)15)7-16-9-4-2-3-8(12)5-9/h2-5H,6-7H2,1H3,(H,14,15). The summed E-state index contributed by atoms with van der Waals surface area (Å²) in [5.41, 5.74) is -1.89. The van der Waals surface area contributed by atoms with Crippen LogP contribution in [0.1, 0.15) is 13.3 Å². The Kier molecular flexibility index (Phi) is 4.12. The Morgan fingerprint density at radius 3 is 2.88 bits per heavy atom. The molecule has 0 fully saturated rings. The average molecular weight is 247 g/mol. The number of ether oxygens (including phenoxy) is 1. The lowest BCUT2D eigenvalue weighted by Crippen LogP contribution is -2.30. The fraction of sp³-hybridized carbons (Fsp3) is 0.364. The van der Waals surface area contributed by atoms with Crippen molar-refractivity contribution in [1.82, 2.24) is 0 Å². The van der Waals surface area contributed by atoms with Crippen molar-refractivity contribution in [1.29, 1.82) is 0 Å². The first-order valence-corrected chi connectivity index (χ1v) is 5.06. The molecule has 1 unspecified atom stereocenters. The minimum absolute atomic E-state index is 0.320. The quantitative estimate of drug-likeness (QED) is 0.869. The summed E-state index contributed by atoms with van der Waals surface area (Å²) in [6.07, 6.45) is -0.590. The van der Waals surface area contributed by atoms with Gasteiger partial charge in [0.1, 0.15) is 12.4 Å². The number of carboxylic acid groups (broad SMARTS) is 1. The summed E-state index contributed by atoms with van der Waals surface area (Å²) in [6, 6.07) is 6.51. The molecule has 1 N–H and O–H groups in total. The third-order valence-electron chi connectivity index (χ3n) is 1.86. The molecule has 16 heavy (non-hydrogen) atoms. The van der Waals surface area contributed by atoms with Gasteiger partial charge in [0.2, 0.25) is 0 Å². The Bertz CT molecular complexity index is 379. The molecule has 0 heterocycles. The maximum atomic E-state index is 13.6. The van der Waals surface area contributed by atoms with Crippen LogP contribution < -0.4 is 4.74 Å². The van der Waals surface area contributed by atoms with E-state index in [-0.39, 0.29) is 6.61 Å². The van der Waals surface area contributed by atoms with E-state index in [1.807, 2.05) is 0 Å². The summed E-state index contributed by atoms with van der Waals surface area (Å²) in [7, 11) is 0. The lowest BCUT2D eigenvalue weighted by molar-refractivity contribution is -0.140. The molecule has 1 atom stereocenters. The van der Waals surface area contributed by atoms with E-state index in [1.165, 1.54) is 6.92 Å². The van der Waals surface area contributed by atoms with Crippen molar-refractivity contribution in [2.24, 2.45) is 0 Å². The van der Waals surface area contributed by atoms with E-state index in [2.05, 4.69) is 0 Å². The van der Waals surface area contributed by atoms with Crippen LogP contribution in [0.15, 0.2) is 24.3 Å². The van der Waals surface area contributed by atoms with Gasteiger partial charge in [-0.1, -0.05) is 17.7 Å². The first-order valence-electron chi connectivity index (χ1n) is 4.68. The summed E-state index contributed by atoms with van der Waals surface area (Å²) in [5.74, 6) is -0.776. The summed E-state index contributed by atoms with van der Waals surface area (Å²) < 4.78 is 18.7. The molecule has 1 aromatic carbocycles. The number of hydrogen-bond donors (Lipinski definition) is 1. The van der Waals surface area contributed by atoms with Gasteiger partial charge in [0.05, 0.1) is 6.42 Å². The lowest BCUT2D eigenvalue weighted by Gasteiger charge is -2.18. The van der Waals surface area contributed by atoms with Crippen LogP contribution in [0.4, 0.5) is 4.39 Å². The van der Waals surface area contributed by atoms with Crippen LogP contribution in [0, 0.1) is 0 Å². The molecule has 0 amide bonds. The van der Waals surface area contributed by atoms with Gasteiger partial charge in [0, 0.05) is 5.02 Å². The molecule has 0 saturated carbocycles. The van der Waals surface area contributed by atoms with Gasteiger partial charge >= 0.3 is 5.97 Å². The van der Waals surface area contributed by atoms with E-state index in [9.17, 15) is 9.18 Å². The topological polar surface area (TPSA) is 46.5 Å². The maximum Gasteiger partial charge on any atom is 0.306 e. The van der Waals surface area contributed by atoms with Gasteiger partial charge in [0.15, 0.2) is 5.67 Å². The molecule has 3 nitrogen and oxygen atoms in total. The molecule has 0 aromatic heterocycles. The van der Waals surface area contributed by atoms with Gasteiger partial charge in [-0.05, 0) is 25.1 Å². The van der Waals surface area contributed by atoms with Gasteiger partial charge in [-0.3, -0.25) is 4.79 Å². The Hall–Kier alpha value is -1.29. The highest BCUT2D eigenvalue weighted by Gasteiger charge is 2.27. The van der Waals surface area contributed by atoms with E-state index in [4.69, 9.17) is 21.4 Å². The van der Waals surface area contributed by atoms with Crippen LogP contribution in [-0.2, 0) is 4.79 Å². The van der Waals surface area contributed by atoms with E-state index in [0.29, 0.717) is 10.8 Å². The Labute approximate surface area is 97.8 Å². The van der Waals surface area contributed by atoms with Crippen molar-refractivity contribution in [2.45, 2.75) is 19.0 Å². The molecule has 0 aliphatic rings. The number of halogens is 2. The van der Waals surface area contributed by atoms with Gasteiger partial charge in [-0.25, -0.2) is 4.39 Å². The summed E-state index contributed by atoms with van der Waals surface area (Å²) in [6.45, 7) is 0.866. The number of carboxylic acids is 1. The SMILES string of the molecule is CC(F)(COc1cccc(Cl)c1)CC(=O)O. The van der Waals surface area contributed by atoms with Gasteiger partial charge < -0.3 is 9.84 Å². The molecule has 1 rings (SSSR count). The number of carbonyl (C=O) groups is 1. The van der Waals surface area contributed by atoms with Gasteiger partial charge in [-0.15, -0.1) is 0 Å². The Balaban J connectivity index is 2.54. The number of hydrogen-bond acceptors (Lipinski definition) is 2. The van der Waals surface area contributed by atoms with Crippen molar-refractivity contribution < 1.29 is 19.0 Å². The van der Waals surface area contributed by atoms with E-state index in [0.717, 1.165) is 0 Å². The van der Waals surface area contributed by atoms with Crippen LogP contribution in [0.2, 0.25) is 5.02 Å². The molecular formula is C11H12ClFO3. The van der Waals surface area contributed by atoms with E-state index in [1.54, 1.807) is 24.3 Å². The smallest absolute Gasteiger partial charge is 0.306 e. The van der Waals surface area contributed by atoms with Crippen LogP contribution in [0.25, 0.3) is 0 Å². The number of alkyl halides is 1. The second-order valence-corrected chi connectivity index (χ2v) is 4.17. The van der Waals surface area contributed by atoms with Crippen LogP contribution >= 0.6 is 11.6 Å². The second-order valence-electron chi connectivity index (χ2n) is 3.73. The zero-order valence-corrected chi connectivity index (χ0v) is 9.50. The Morgan fingerprint density at radius 2 is 2.31 bits per heavy atom. The molecule has 0 saturated heterocycles. The molecule has 1 aromatic rings. The first-order chi connectivity index (χ1) is 7.39. The predicted molar refractivity (Wildman–Crippen MR) is 58.7 cm³/mol. The highest BCUT2D eigenvalue weighted by molar-refractivity contribution is 6.30. The molecule has 88 valence electrons. The molecule has 0 aliphatic carbocycles. The summed E-state index contributed by atoms with van der Waals surface area (Å²) in [5, 5.41) is 8.96. The van der Waals surface area contributed by atoms with Crippen molar-refractivity contribution >= 4 is 17.6 Å². The highest BCUT2D eigenvalue weighted by atomic mass is 35.5. The number of benzene rings is 1. The maximum absolute atomic E-state index is 13.6. The van der Waals surface area contributed by atoms with Crippen molar-refractivity contribution in [3.05, 3.63) is 29.3 Å². The van der Waals surface area contributed by atoms with Crippen LogP contribution in [0.5, 0.6) is 5.75 Å². The van der Waals surface area contributed by atoms with Crippen LogP contribution in [0.3, 0.4) is 0 Å². The first kappa shape index (κ1) is 12.8. The van der Waals surface area contributed by atoms with Crippen molar-refractivity contribution in [3.63, 3.8) is 0 Å². The van der Waals surface area contributed by atoms with E-state index >= 15 is 0 Å². The normalized spacial score (nSPS) is 14.2. The number of aliphatic carboxylic acids is 1. The van der Waals surface area contributed by atoms with Gasteiger partial charge in [-0.2, -0.15) is 0 Å². The molecule has 5 heteroatoms. The zero-order valence-electron chi connectivity index (χ0n) is 8.74. The predicted octanol–water partition coefficient (Wildman–Crippen LogP) is 2.92. The highest BCUT2D eigenvalue weighted by Crippen LogP contribution is 2.21. The van der Waals surface area contributed by atoms with Crippen LogP contribution in [-0.4, -0.2) is 23.4 Å². The minimum atomic E-state index is -1.89. The van der Waals surface area contributed by atoms with E-state index < -0.39 is 18.1 Å². The van der Waals surface area contributed by atoms with Crippen molar-refractivity contribution in [3.8, 4) is 5.75 Å². The number of rotatable bonds is 5. The molecular weight excluding hydrogens is 235 g/mol. The monoisotopic (exact) mass is 246 g/mol. The fourth-order valence-corrected chi connectivity index (χ4v) is 1.34. The third kappa shape index (κ3) is 4.49. The molecule has 0 aliphatic heterocycles. The minimum Gasteiger partial charge on any atom is -0.490 e. The molecule has 0 bridgehead atoms. The second kappa shape index (κ2) is 5.16. The molecule has 0 spiro atoms. The van der Waals surface area contributed by atoms with Gasteiger partial charge in [0.25, 0.3) is 0 Å². The zero-order chi connectivity index (χ0) is 12.2. The Morgan fingerprint density at radius 1 is 1.62 bits per heavy atom. The average Bonchev–Trinajstić information content (AvgIpc) is 2.13. The lowest BCUT2D eigenvalue weighted by atomic mass is 10.1. The summed E-state index contributed by atoms with van der Waals surface area (Å²) in [4.78, 5) is 10.4. The van der Waals surface area contributed by atoms with Crippen molar-refractivity contribution in [2.75, 3.05) is 6.61 Å². The molecule has 0 radical (unpaired) electrons.